The Hall–Kier alpha value is -1.98. The molecule has 0 bridgehead atoms. The highest BCUT2D eigenvalue weighted by Crippen LogP contribution is 2.28. The summed E-state index contributed by atoms with van der Waals surface area (Å²) in [5, 5.41) is 12.1. The van der Waals surface area contributed by atoms with Crippen LogP contribution in [0.25, 0.3) is 10.4 Å². The van der Waals surface area contributed by atoms with E-state index in [9.17, 15) is 9.59 Å². The van der Waals surface area contributed by atoms with Crippen molar-refractivity contribution in [3.63, 3.8) is 0 Å². The van der Waals surface area contributed by atoms with Gasteiger partial charge in [-0.05, 0) is 29.8 Å². The second-order valence-electron chi connectivity index (χ2n) is 5.03. The van der Waals surface area contributed by atoms with Gasteiger partial charge in [-0.3, -0.25) is 4.79 Å². The summed E-state index contributed by atoms with van der Waals surface area (Å²) in [6, 6.07) is 10.9. The maximum absolute atomic E-state index is 10.8. The van der Waals surface area contributed by atoms with E-state index in [0.29, 0.717) is 18.4 Å². The van der Waals surface area contributed by atoms with Gasteiger partial charge in [0.15, 0.2) is 0 Å². The minimum absolute atomic E-state index is 0.270. The van der Waals surface area contributed by atoms with Gasteiger partial charge >= 0.3 is 11.8 Å². The van der Waals surface area contributed by atoms with Crippen molar-refractivity contribution >= 4 is 23.1 Å². The minimum Gasteiger partial charge on any atom is -0.478 e. The van der Waals surface area contributed by atoms with E-state index in [2.05, 4.69) is 5.32 Å². The summed E-state index contributed by atoms with van der Waals surface area (Å²) in [6.07, 6.45) is 0. The third-order valence-corrected chi connectivity index (χ3v) is 4.17. The van der Waals surface area contributed by atoms with Gasteiger partial charge in [0, 0.05) is 10.9 Å². The first-order chi connectivity index (χ1) is 9.97. The molecule has 4 nitrogen and oxygen atoms in total. The Bertz CT molecular complexity index is 644. The number of carboxylic acid groups (broad SMARTS) is 1. The molecule has 2 aromatic rings. The van der Waals surface area contributed by atoms with Crippen LogP contribution in [0.3, 0.4) is 0 Å². The molecule has 0 aliphatic rings. The highest BCUT2D eigenvalue weighted by atomic mass is 32.1. The Morgan fingerprint density at radius 3 is 2.48 bits per heavy atom. The Morgan fingerprint density at radius 1 is 1.24 bits per heavy atom. The summed E-state index contributed by atoms with van der Waals surface area (Å²) in [4.78, 5) is 22.7. The van der Waals surface area contributed by atoms with E-state index in [1.54, 1.807) is 24.3 Å². The van der Waals surface area contributed by atoms with E-state index < -0.39 is 5.97 Å². The molecule has 0 radical (unpaired) electrons. The van der Waals surface area contributed by atoms with Crippen molar-refractivity contribution in [3.8, 4) is 10.4 Å². The predicted molar refractivity (Wildman–Crippen MR) is 85.9 cm³/mol. The molecule has 0 aliphatic carbocycles. The minimum atomic E-state index is -0.931. The molecule has 0 aliphatic heterocycles. The van der Waals surface area contributed by atoms with Crippen molar-refractivity contribution in [2.75, 3.05) is 6.54 Å². The number of ketones is 1. The summed E-state index contributed by atoms with van der Waals surface area (Å²) in [5.74, 6) is -0.610. The van der Waals surface area contributed by atoms with Crippen LogP contribution in [-0.4, -0.2) is 34.2 Å². The van der Waals surface area contributed by atoms with Crippen LogP contribution in [0.4, 0.5) is 0 Å². The van der Waals surface area contributed by atoms with Gasteiger partial charge in [0.2, 0.25) is 0 Å². The van der Waals surface area contributed by atoms with Crippen molar-refractivity contribution in [3.05, 3.63) is 46.8 Å². The van der Waals surface area contributed by atoms with Crippen LogP contribution in [0.5, 0.6) is 0 Å². The zero-order chi connectivity index (χ0) is 15.4. The van der Waals surface area contributed by atoms with Crippen molar-refractivity contribution in [2.45, 2.75) is 19.9 Å². The molecule has 0 saturated carbocycles. The lowest BCUT2D eigenvalue weighted by molar-refractivity contribution is 0.0697. The van der Waals surface area contributed by atoms with Crippen LogP contribution in [0.2, 0.25) is 0 Å². The van der Waals surface area contributed by atoms with Gasteiger partial charge in [-0.2, -0.15) is 0 Å². The third kappa shape index (κ3) is 4.00. The van der Waals surface area contributed by atoms with E-state index in [-0.39, 0.29) is 5.56 Å². The summed E-state index contributed by atoms with van der Waals surface area (Å²) < 4.78 is 0. The summed E-state index contributed by atoms with van der Waals surface area (Å²) >= 11 is 1.49. The van der Waals surface area contributed by atoms with E-state index in [1.807, 2.05) is 26.0 Å². The van der Waals surface area contributed by atoms with Crippen molar-refractivity contribution < 1.29 is 14.7 Å². The molecule has 21 heavy (non-hydrogen) atoms. The number of benzene rings is 1. The fourth-order valence-electron chi connectivity index (χ4n) is 1.81. The number of thiophene rings is 1. The molecule has 0 saturated heterocycles. The van der Waals surface area contributed by atoms with Gasteiger partial charge in [-0.25, -0.2) is 4.79 Å². The monoisotopic (exact) mass is 304 g/mol. The summed E-state index contributed by atoms with van der Waals surface area (Å²) in [7, 11) is 0. The molecule has 1 heterocycles. The Balaban J connectivity index is 2.12. The lowest BCUT2D eigenvalue weighted by atomic mass is 10.1. The molecule has 0 fully saturated rings. The van der Waals surface area contributed by atoms with Gasteiger partial charge in [-0.15, -0.1) is 11.3 Å². The van der Waals surface area contributed by atoms with Gasteiger partial charge in [0.05, 0.1) is 5.56 Å². The Morgan fingerprint density at radius 2 is 1.90 bits per heavy atom. The largest absolute Gasteiger partial charge is 0.478 e. The molecule has 3 N–H and O–H groups in total. The first-order valence-corrected chi connectivity index (χ1v) is 7.51. The third-order valence-electron chi connectivity index (χ3n) is 2.98. The average Bonchev–Trinajstić information content (AvgIpc) is 2.94. The molecule has 1 aromatic carbocycles. The van der Waals surface area contributed by atoms with Gasteiger partial charge in [0.1, 0.15) is 11.4 Å². The predicted octanol–water partition coefficient (Wildman–Crippen LogP) is 3.00. The average molecular weight is 304 g/mol. The van der Waals surface area contributed by atoms with E-state index >= 15 is 0 Å². The van der Waals surface area contributed by atoms with Gasteiger partial charge < -0.3 is 10.4 Å². The van der Waals surface area contributed by atoms with Crippen molar-refractivity contribution in [1.82, 2.24) is 5.32 Å². The molecule has 0 spiro atoms. The number of nitrogens with one attached hydrogen (secondary N) is 1. The molecule has 0 atom stereocenters. The van der Waals surface area contributed by atoms with Crippen molar-refractivity contribution in [1.29, 1.82) is 0 Å². The zero-order valence-corrected chi connectivity index (χ0v) is 12.8. The van der Waals surface area contributed by atoms with Gasteiger partial charge in [-0.1, -0.05) is 26.0 Å². The number of hydrogen-bond acceptors (Lipinski definition) is 3. The van der Waals surface area contributed by atoms with Crippen LogP contribution >= 0.6 is 11.3 Å². The summed E-state index contributed by atoms with van der Waals surface area (Å²) in [6.45, 7) is 4.49. The maximum atomic E-state index is 10.8. The second-order valence-corrected chi connectivity index (χ2v) is 6.11. The van der Waals surface area contributed by atoms with E-state index in [0.717, 1.165) is 15.3 Å². The molecule has 1 aromatic heterocycles. The standard InChI is InChI=1S/C16H17NO3S/c1-10(2)17-9-13(18)15-8-7-14(21-15)11-3-5-12(6-4-11)16(19)20/h3-8,10,17H,9H2,1-2H3,(H,19,20)/p+1. The Kier molecular flexibility index (Phi) is 4.88. The number of rotatable bonds is 6. The number of hydrogen-bond donors (Lipinski definition) is 2. The lowest BCUT2D eigenvalue weighted by Gasteiger charge is -2.02. The SMILES string of the molecule is CC(C)NCC(=[OH+])c1ccc(-c2ccc(C(=O)O)cc2)s1. The molecule has 110 valence electrons. The summed E-state index contributed by atoms with van der Waals surface area (Å²) in [5.41, 5.74) is 1.21. The molecule has 5 heteroatoms. The second kappa shape index (κ2) is 6.65. The molecular formula is C16H18NO3S+. The molecule has 0 unspecified atom stereocenters. The zero-order valence-electron chi connectivity index (χ0n) is 12.0. The highest BCUT2D eigenvalue weighted by molar-refractivity contribution is 7.17. The Labute approximate surface area is 127 Å². The first kappa shape index (κ1) is 15.4. The van der Waals surface area contributed by atoms with Crippen LogP contribution in [-0.2, 0) is 0 Å². The fourth-order valence-corrected chi connectivity index (χ4v) is 2.77. The lowest BCUT2D eigenvalue weighted by Crippen LogP contribution is -2.29. The van der Waals surface area contributed by atoms with Crippen LogP contribution in [0.15, 0.2) is 36.4 Å². The van der Waals surface area contributed by atoms with Crippen LogP contribution in [0, 0.1) is 0 Å². The first-order valence-electron chi connectivity index (χ1n) is 6.69. The van der Waals surface area contributed by atoms with E-state index in [1.165, 1.54) is 11.3 Å². The molecule has 0 amide bonds. The van der Waals surface area contributed by atoms with Crippen LogP contribution < -0.4 is 5.32 Å². The number of carbonyl (C=O) groups excluding carboxylic acids is 1. The van der Waals surface area contributed by atoms with Gasteiger partial charge in [0.25, 0.3) is 0 Å². The van der Waals surface area contributed by atoms with Crippen LogP contribution in [0.1, 0.15) is 29.1 Å². The highest BCUT2D eigenvalue weighted by Gasteiger charge is 2.16. The van der Waals surface area contributed by atoms with Crippen molar-refractivity contribution in [2.24, 2.45) is 0 Å². The van der Waals surface area contributed by atoms with E-state index in [4.69, 9.17) is 5.11 Å². The number of aromatic carboxylic acids is 1. The quantitative estimate of drug-likeness (QED) is 0.636. The number of carboxylic acids is 1. The number of carbonyl (C=O) groups is 1. The normalized spacial score (nSPS) is 10.8. The maximum Gasteiger partial charge on any atom is 0.347 e. The molecular weight excluding hydrogens is 286 g/mol. The smallest absolute Gasteiger partial charge is 0.347 e. The molecule has 2 rings (SSSR count). The topological polar surface area (TPSA) is 70.7 Å². The fraction of sp³-hybridized carbons (Fsp3) is 0.250.